The Morgan fingerprint density at radius 2 is 1.71 bits per heavy atom. The summed E-state index contributed by atoms with van der Waals surface area (Å²) in [6, 6.07) is 13.7. The average molecular weight is 438 g/mol. The third kappa shape index (κ3) is 4.42. The van der Waals surface area contributed by atoms with Crippen molar-refractivity contribution in [2.24, 2.45) is 0 Å². The van der Waals surface area contributed by atoms with Crippen molar-refractivity contribution >= 4 is 23.2 Å². The van der Waals surface area contributed by atoms with Crippen LogP contribution in [0.5, 0.6) is 0 Å². The fraction of sp³-hybridized carbons (Fsp3) is 0.375. The number of benzene rings is 1. The Bertz CT molecular complexity index is 1050. The lowest BCUT2D eigenvalue weighted by molar-refractivity contribution is -0.142. The fourth-order valence-corrected chi connectivity index (χ4v) is 4.53. The number of rotatable bonds is 5. The maximum absolute atomic E-state index is 13.1. The fourth-order valence-electron chi connectivity index (χ4n) is 3.89. The smallest absolute Gasteiger partial charge is 0.236 e. The van der Waals surface area contributed by atoms with Gasteiger partial charge in [-0.3, -0.25) is 9.59 Å². The summed E-state index contributed by atoms with van der Waals surface area (Å²) in [6.07, 6.45) is 0.212. The van der Waals surface area contributed by atoms with Gasteiger partial charge in [-0.15, -0.1) is 11.3 Å². The predicted octanol–water partition coefficient (Wildman–Crippen LogP) is 3.90. The van der Waals surface area contributed by atoms with Gasteiger partial charge in [-0.25, -0.2) is 4.98 Å². The summed E-state index contributed by atoms with van der Waals surface area (Å²) in [7, 11) is 0. The van der Waals surface area contributed by atoms with E-state index in [0.717, 1.165) is 10.4 Å². The molecule has 3 heterocycles. The first-order valence-corrected chi connectivity index (χ1v) is 11.4. The number of hydrogen-bond acceptors (Lipinski definition) is 5. The van der Waals surface area contributed by atoms with E-state index in [1.54, 1.807) is 11.3 Å². The zero-order valence-electron chi connectivity index (χ0n) is 18.1. The zero-order chi connectivity index (χ0) is 22.0. The molecule has 0 spiro atoms. The molecule has 2 aromatic heterocycles. The van der Waals surface area contributed by atoms with Gasteiger partial charge in [0.1, 0.15) is 5.76 Å². The van der Waals surface area contributed by atoms with Gasteiger partial charge in [0.25, 0.3) is 0 Å². The van der Waals surface area contributed by atoms with Crippen LogP contribution in [0.1, 0.15) is 30.9 Å². The van der Waals surface area contributed by atoms with E-state index in [1.165, 1.54) is 0 Å². The van der Waals surface area contributed by atoms with Gasteiger partial charge in [0.15, 0.2) is 0 Å². The number of aromatic nitrogens is 1. The van der Waals surface area contributed by atoms with Crippen molar-refractivity contribution in [2.75, 3.05) is 26.2 Å². The quantitative estimate of drug-likeness (QED) is 0.607. The van der Waals surface area contributed by atoms with Crippen LogP contribution in [-0.2, 0) is 21.4 Å². The van der Waals surface area contributed by atoms with Crippen molar-refractivity contribution in [1.82, 2.24) is 14.8 Å². The summed E-state index contributed by atoms with van der Waals surface area (Å²) in [5.74, 6) is 1.35. The van der Waals surface area contributed by atoms with Crippen molar-refractivity contribution < 1.29 is 14.0 Å². The molecule has 1 fully saturated rings. The lowest BCUT2D eigenvalue weighted by atomic mass is 9.83. The first kappa shape index (κ1) is 21.3. The van der Waals surface area contributed by atoms with E-state index in [4.69, 9.17) is 4.42 Å². The second kappa shape index (κ2) is 8.67. The van der Waals surface area contributed by atoms with E-state index in [9.17, 15) is 9.59 Å². The van der Waals surface area contributed by atoms with Gasteiger partial charge < -0.3 is 14.2 Å². The van der Waals surface area contributed by atoms with Crippen molar-refractivity contribution in [3.63, 3.8) is 0 Å². The lowest BCUT2D eigenvalue weighted by Gasteiger charge is -2.38. The molecule has 2 amide bonds. The Balaban J connectivity index is 1.36. The van der Waals surface area contributed by atoms with Crippen molar-refractivity contribution in [2.45, 2.75) is 32.6 Å². The van der Waals surface area contributed by atoms with Crippen LogP contribution in [-0.4, -0.2) is 52.8 Å². The summed E-state index contributed by atoms with van der Waals surface area (Å²) >= 11 is 1.56. The number of nitrogens with zero attached hydrogens (tertiary/aromatic N) is 3. The molecule has 31 heavy (non-hydrogen) atoms. The number of carbonyl (C=O) groups is 2. The molecule has 3 aromatic rings. The predicted molar refractivity (Wildman–Crippen MR) is 121 cm³/mol. The monoisotopic (exact) mass is 437 g/mol. The maximum Gasteiger partial charge on any atom is 0.236 e. The highest BCUT2D eigenvalue weighted by Crippen LogP contribution is 2.27. The Hall–Kier alpha value is -2.93. The summed E-state index contributed by atoms with van der Waals surface area (Å²) in [5, 5.41) is 1.97. The SMILES string of the molecule is Cc1oc(-c2cccs2)nc1CC(=O)N1CCN(C(=O)C(C)(C)c2ccccc2)CC1. The first-order valence-electron chi connectivity index (χ1n) is 10.5. The molecule has 0 atom stereocenters. The topological polar surface area (TPSA) is 66.7 Å². The Kier molecular flexibility index (Phi) is 5.96. The molecule has 0 bridgehead atoms. The first-order chi connectivity index (χ1) is 14.9. The van der Waals surface area contributed by atoms with Crippen LogP contribution in [0.2, 0.25) is 0 Å². The lowest BCUT2D eigenvalue weighted by Crippen LogP contribution is -2.54. The average Bonchev–Trinajstić information content (AvgIpc) is 3.44. The van der Waals surface area contributed by atoms with Gasteiger partial charge in [-0.1, -0.05) is 36.4 Å². The highest BCUT2D eigenvalue weighted by atomic mass is 32.1. The number of hydrogen-bond donors (Lipinski definition) is 0. The summed E-state index contributed by atoms with van der Waals surface area (Å²) < 4.78 is 5.75. The minimum absolute atomic E-state index is 0.0172. The summed E-state index contributed by atoms with van der Waals surface area (Å²) in [6.45, 7) is 7.91. The minimum atomic E-state index is -0.594. The molecule has 4 rings (SSSR count). The van der Waals surface area contributed by atoms with Crippen molar-refractivity contribution in [1.29, 1.82) is 0 Å². The van der Waals surface area contributed by atoms with Crippen LogP contribution in [0.15, 0.2) is 52.3 Å². The maximum atomic E-state index is 13.1. The Morgan fingerprint density at radius 1 is 1.03 bits per heavy atom. The molecule has 162 valence electrons. The van der Waals surface area contributed by atoms with Crippen molar-refractivity contribution in [3.05, 3.63) is 64.9 Å². The molecule has 1 aromatic carbocycles. The molecule has 0 N–H and O–H groups in total. The van der Waals surface area contributed by atoms with Gasteiger partial charge in [-0.2, -0.15) is 0 Å². The number of carbonyl (C=O) groups excluding carboxylic acids is 2. The number of thiophene rings is 1. The summed E-state index contributed by atoms with van der Waals surface area (Å²) in [5.41, 5.74) is 1.09. The zero-order valence-corrected chi connectivity index (χ0v) is 18.9. The number of aryl methyl sites for hydroxylation is 1. The van der Waals surface area contributed by atoms with Crippen LogP contribution < -0.4 is 0 Å². The van der Waals surface area contributed by atoms with E-state index in [0.29, 0.717) is 43.5 Å². The third-order valence-corrected chi connectivity index (χ3v) is 6.75. The molecule has 0 radical (unpaired) electrons. The largest absolute Gasteiger partial charge is 0.440 e. The van der Waals surface area contributed by atoms with Crippen LogP contribution >= 0.6 is 11.3 Å². The van der Waals surface area contributed by atoms with Crippen molar-refractivity contribution in [3.8, 4) is 10.8 Å². The third-order valence-electron chi connectivity index (χ3n) is 5.89. The van der Waals surface area contributed by atoms with Gasteiger partial charge >= 0.3 is 0 Å². The molecule has 1 aliphatic rings. The van der Waals surface area contributed by atoms with Crippen LogP contribution in [0.3, 0.4) is 0 Å². The number of oxazole rings is 1. The number of amides is 2. The Labute approximate surface area is 186 Å². The molecular weight excluding hydrogens is 410 g/mol. The van der Waals surface area contributed by atoms with Gasteiger partial charge in [0.05, 0.1) is 22.4 Å². The molecular formula is C24H27N3O3S. The molecule has 1 aliphatic heterocycles. The van der Waals surface area contributed by atoms with E-state index in [1.807, 2.05) is 78.4 Å². The molecule has 6 nitrogen and oxygen atoms in total. The second-order valence-electron chi connectivity index (χ2n) is 8.34. The van der Waals surface area contributed by atoms with Gasteiger partial charge in [-0.05, 0) is 37.8 Å². The molecule has 0 saturated carbocycles. The molecule has 0 aliphatic carbocycles. The summed E-state index contributed by atoms with van der Waals surface area (Å²) in [4.78, 5) is 35.2. The Morgan fingerprint density at radius 3 is 2.35 bits per heavy atom. The molecule has 1 saturated heterocycles. The van der Waals surface area contributed by atoms with Gasteiger partial charge in [0.2, 0.25) is 17.7 Å². The number of piperazine rings is 1. The van der Waals surface area contributed by atoms with Crippen LogP contribution in [0.4, 0.5) is 0 Å². The molecule has 0 unspecified atom stereocenters. The molecule has 7 heteroatoms. The van der Waals surface area contributed by atoms with Crippen LogP contribution in [0.25, 0.3) is 10.8 Å². The van der Waals surface area contributed by atoms with E-state index < -0.39 is 5.41 Å². The normalized spacial score (nSPS) is 14.7. The second-order valence-corrected chi connectivity index (χ2v) is 9.29. The highest BCUT2D eigenvalue weighted by molar-refractivity contribution is 7.13. The van der Waals surface area contributed by atoms with Crippen LogP contribution in [0, 0.1) is 6.92 Å². The highest BCUT2D eigenvalue weighted by Gasteiger charge is 2.35. The minimum Gasteiger partial charge on any atom is -0.440 e. The van der Waals surface area contributed by atoms with E-state index >= 15 is 0 Å². The van der Waals surface area contributed by atoms with Gasteiger partial charge in [0, 0.05) is 26.2 Å². The van der Waals surface area contributed by atoms with E-state index in [-0.39, 0.29) is 18.2 Å². The standard InChI is InChI=1S/C24H27N3O3S/c1-17-19(25-22(30-17)20-10-7-15-31-20)16-21(28)26-11-13-27(14-12-26)23(29)24(2,3)18-8-5-4-6-9-18/h4-10,15H,11-14,16H2,1-3H3. The van der Waals surface area contributed by atoms with E-state index in [2.05, 4.69) is 4.98 Å².